The molecular weight excluding hydrogens is 412 g/mol. The second-order valence-electron chi connectivity index (χ2n) is 7.86. The number of amides is 1. The standard InChI is InChI=1S/C22H32N6O4/c1-4-31-21(30)17-13-25-28(15-17)18-7-5-11-27(16-18)22(24-14-20(29)26(2)3)23-10-9-19-8-6-12-32-19/h6,8,12-13,15,18H,4-5,7,9-11,14,16H2,1-3H3,(H,23,24). The summed E-state index contributed by atoms with van der Waals surface area (Å²) in [5.74, 6) is 1.15. The Morgan fingerprint density at radius 1 is 1.41 bits per heavy atom. The van der Waals surface area contributed by atoms with E-state index in [4.69, 9.17) is 9.15 Å². The average Bonchev–Trinajstić information content (AvgIpc) is 3.48. The number of nitrogens with zero attached hydrogens (tertiary/aromatic N) is 5. The van der Waals surface area contributed by atoms with Crippen molar-refractivity contribution in [1.29, 1.82) is 0 Å². The van der Waals surface area contributed by atoms with Crippen LogP contribution in [0.1, 0.15) is 41.9 Å². The molecule has 1 saturated heterocycles. The largest absolute Gasteiger partial charge is 0.469 e. The quantitative estimate of drug-likeness (QED) is 0.374. The van der Waals surface area contributed by atoms with Gasteiger partial charge in [-0.1, -0.05) is 0 Å². The van der Waals surface area contributed by atoms with E-state index in [1.807, 2.05) is 16.8 Å². The Bertz CT molecular complexity index is 905. The lowest BCUT2D eigenvalue weighted by atomic mass is 10.1. The van der Waals surface area contributed by atoms with Gasteiger partial charge in [0.2, 0.25) is 5.91 Å². The van der Waals surface area contributed by atoms with E-state index < -0.39 is 0 Å². The van der Waals surface area contributed by atoms with Gasteiger partial charge < -0.3 is 24.3 Å². The topological polar surface area (TPSA) is 105 Å². The molecule has 2 aromatic rings. The summed E-state index contributed by atoms with van der Waals surface area (Å²) in [6.45, 7) is 4.32. The van der Waals surface area contributed by atoms with Crippen LogP contribution in [0.5, 0.6) is 0 Å². The molecule has 1 amide bonds. The number of piperidine rings is 1. The van der Waals surface area contributed by atoms with Gasteiger partial charge in [-0.05, 0) is 31.9 Å². The van der Waals surface area contributed by atoms with Crippen LogP contribution in [0.25, 0.3) is 0 Å². The molecular formula is C22H32N6O4. The van der Waals surface area contributed by atoms with E-state index in [1.165, 1.54) is 4.90 Å². The van der Waals surface area contributed by atoms with Gasteiger partial charge in [0.1, 0.15) is 12.3 Å². The first-order valence-electron chi connectivity index (χ1n) is 10.9. The van der Waals surface area contributed by atoms with Crippen molar-refractivity contribution >= 4 is 17.8 Å². The zero-order valence-electron chi connectivity index (χ0n) is 19.0. The molecule has 1 aliphatic heterocycles. The maximum atomic E-state index is 12.1. The van der Waals surface area contributed by atoms with E-state index in [-0.39, 0.29) is 24.5 Å². The second-order valence-corrected chi connectivity index (χ2v) is 7.86. The minimum absolute atomic E-state index is 0.0601. The molecule has 0 aliphatic carbocycles. The summed E-state index contributed by atoms with van der Waals surface area (Å²) in [4.78, 5) is 32.3. The maximum Gasteiger partial charge on any atom is 0.341 e. The molecule has 0 aromatic carbocycles. The number of ether oxygens (including phenoxy) is 1. The highest BCUT2D eigenvalue weighted by molar-refractivity contribution is 5.88. The highest BCUT2D eigenvalue weighted by atomic mass is 16.5. The van der Waals surface area contributed by atoms with Crippen molar-refractivity contribution in [2.45, 2.75) is 32.2 Å². The summed E-state index contributed by atoms with van der Waals surface area (Å²) in [5, 5.41) is 7.76. The molecule has 0 radical (unpaired) electrons. The van der Waals surface area contributed by atoms with Gasteiger partial charge in [-0.3, -0.25) is 9.48 Å². The van der Waals surface area contributed by atoms with Crippen LogP contribution in [0.2, 0.25) is 0 Å². The van der Waals surface area contributed by atoms with Gasteiger partial charge in [-0.15, -0.1) is 0 Å². The van der Waals surface area contributed by atoms with Gasteiger partial charge >= 0.3 is 5.97 Å². The average molecular weight is 445 g/mol. The molecule has 1 unspecified atom stereocenters. The molecule has 2 aromatic heterocycles. The zero-order chi connectivity index (χ0) is 22.9. The SMILES string of the molecule is CCOC(=O)c1cnn(C2CCCN(C(=NCC(=O)N(C)C)NCCc3ccco3)C2)c1. The molecule has 0 bridgehead atoms. The first-order valence-corrected chi connectivity index (χ1v) is 10.9. The number of guanidine groups is 1. The van der Waals surface area contributed by atoms with E-state index in [2.05, 4.69) is 20.3 Å². The van der Waals surface area contributed by atoms with Gasteiger partial charge in [0.15, 0.2) is 5.96 Å². The number of hydrogen-bond donors (Lipinski definition) is 1. The molecule has 1 aliphatic rings. The van der Waals surface area contributed by atoms with E-state index >= 15 is 0 Å². The Balaban J connectivity index is 1.68. The number of esters is 1. The third-order valence-corrected chi connectivity index (χ3v) is 5.28. The van der Waals surface area contributed by atoms with Crippen molar-refractivity contribution in [1.82, 2.24) is 24.9 Å². The Kier molecular flexibility index (Phi) is 8.29. The molecule has 1 N–H and O–H groups in total. The first-order chi connectivity index (χ1) is 15.5. The number of aromatic nitrogens is 2. The highest BCUT2D eigenvalue weighted by Gasteiger charge is 2.25. The predicted octanol–water partition coefficient (Wildman–Crippen LogP) is 1.57. The number of aliphatic imine (C=N–C) groups is 1. The van der Waals surface area contributed by atoms with Crippen molar-refractivity contribution < 1.29 is 18.7 Å². The van der Waals surface area contributed by atoms with E-state index in [9.17, 15) is 9.59 Å². The molecule has 0 spiro atoms. The second kappa shape index (κ2) is 11.4. The van der Waals surface area contributed by atoms with E-state index in [1.54, 1.807) is 39.7 Å². The molecule has 10 nitrogen and oxygen atoms in total. The summed E-state index contributed by atoms with van der Waals surface area (Å²) in [6, 6.07) is 3.89. The lowest BCUT2D eigenvalue weighted by molar-refractivity contribution is -0.127. The fourth-order valence-corrected chi connectivity index (χ4v) is 3.52. The summed E-state index contributed by atoms with van der Waals surface area (Å²) < 4.78 is 12.3. The summed E-state index contributed by atoms with van der Waals surface area (Å²) in [7, 11) is 3.44. The van der Waals surface area contributed by atoms with E-state index in [0.29, 0.717) is 37.6 Å². The van der Waals surface area contributed by atoms with Gasteiger partial charge in [-0.2, -0.15) is 5.10 Å². The zero-order valence-corrected chi connectivity index (χ0v) is 19.0. The monoisotopic (exact) mass is 444 g/mol. The molecule has 3 rings (SSSR count). The summed E-state index contributed by atoms with van der Waals surface area (Å²) in [6.07, 6.45) is 7.54. The third-order valence-electron chi connectivity index (χ3n) is 5.28. The molecule has 174 valence electrons. The number of rotatable bonds is 8. The summed E-state index contributed by atoms with van der Waals surface area (Å²) >= 11 is 0. The fraction of sp³-hybridized carbons (Fsp3) is 0.545. The number of furan rings is 1. The summed E-state index contributed by atoms with van der Waals surface area (Å²) in [5.41, 5.74) is 0.450. The predicted molar refractivity (Wildman–Crippen MR) is 119 cm³/mol. The van der Waals surface area contributed by atoms with Crippen molar-refractivity contribution in [3.05, 3.63) is 42.1 Å². The Morgan fingerprint density at radius 2 is 2.25 bits per heavy atom. The number of hydrogen-bond acceptors (Lipinski definition) is 6. The van der Waals surface area contributed by atoms with Crippen LogP contribution in [0, 0.1) is 0 Å². The normalized spacial score (nSPS) is 16.7. The first kappa shape index (κ1) is 23.4. The van der Waals surface area contributed by atoms with Crippen LogP contribution in [0.4, 0.5) is 0 Å². The number of likely N-dealkylation sites (tertiary alicyclic amines) is 1. The van der Waals surface area contributed by atoms with Crippen molar-refractivity contribution in [2.75, 3.05) is 46.9 Å². The van der Waals surface area contributed by atoms with Gasteiger partial charge in [0, 0.05) is 46.3 Å². The Morgan fingerprint density at radius 3 is 2.97 bits per heavy atom. The molecule has 0 saturated carbocycles. The van der Waals surface area contributed by atoms with Crippen LogP contribution < -0.4 is 5.32 Å². The van der Waals surface area contributed by atoms with E-state index in [0.717, 1.165) is 25.1 Å². The Labute approximate surface area is 188 Å². The molecule has 1 fully saturated rings. The van der Waals surface area contributed by atoms with Crippen LogP contribution in [-0.4, -0.2) is 84.3 Å². The van der Waals surface area contributed by atoms with Crippen LogP contribution in [0.15, 0.2) is 40.2 Å². The smallest absolute Gasteiger partial charge is 0.341 e. The van der Waals surface area contributed by atoms with Gasteiger partial charge in [-0.25, -0.2) is 9.79 Å². The van der Waals surface area contributed by atoms with Gasteiger partial charge in [0.05, 0.1) is 30.7 Å². The number of carbonyl (C=O) groups excluding carboxylic acids is 2. The Hall–Kier alpha value is -3.30. The van der Waals surface area contributed by atoms with Crippen molar-refractivity contribution in [2.24, 2.45) is 4.99 Å². The molecule has 32 heavy (non-hydrogen) atoms. The molecule has 1 atom stereocenters. The maximum absolute atomic E-state index is 12.1. The van der Waals surface area contributed by atoms with Crippen LogP contribution in [-0.2, 0) is 16.0 Å². The van der Waals surface area contributed by atoms with Gasteiger partial charge in [0.25, 0.3) is 0 Å². The van der Waals surface area contributed by atoms with Crippen molar-refractivity contribution in [3.63, 3.8) is 0 Å². The third kappa shape index (κ3) is 6.35. The minimum atomic E-state index is -0.365. The minimum Gasteiger partial charge on any atom is -0.469 e. The van der Waals surface area contributed by atoms with Crippen molar-refractivity contribution in [3.8, 4) is 0 Å². The van der Waals surface area contributed by atoms with Crippen LogP contribution >= 0.6 is 0 Å². The highest BCUT2D eigenvalue weighted by Crippen LogP contribution is 2.21. The fourth-order valence-electron chi connectivity index (χ4n) is 3.52. The molecule has 10 heteroatoms. The lowest BCUT2D eigenvalue weighted by Crippen LogP contribution is -2.48. The molecule has 3 heterocycles. The van der Waals surface area contributed by atoms with Crippen LogP contribution in [0.3, 0.4) is 0 Å². The lowest BCUT2D eigenvalue weighted by Gasteiger charge is -2.35. The number of carbonyl (C=O) groups is 2. The number of nitrogens with one attached hydrogen (secondary N) is 1. The number of likely N-dealkylation sites (N-methyl/N-ethyl adjacent to an activating group) is 1.